The van der Waals surface area contributed by atoms with Crippen molar-refractivity contribution in [2.45, 2.75) is 19.9 Å². The van der Waals surface area contributed by atoms with Gasteiger partial charge in [-0.2, -0.15) is 5.10 Å². The Labute approximate surface area is 192 Å². The first-order chi connectivity index (χ1) is 14.7. The van der Waals surface area contributed by atoms with E-state index in [1.165, 1.54) is 11.3 Å². The van der Waals surface area contributed by atoms with Crippen LogP contribution in [0, 0.1) is 0 Å². The second-order valence-corrected chi connectivity index (χ2v) is 8.14. The van der Waals surface area contributed by atoms with Gasteiger partial charge in [0.1, 0.15) is 11.4 Å². The number of carbonyl (C=O) groups excluding carboxylic acids is 1. The van der Waals surface area contributed by atoms with Gasteiger partial charge in [-0.15, -0.1) is 12.4 Å². The van der Waals surface area contributed by atoms with Gasteiger partial charge in [-0.25, -0.2) is 4.98 Å². The summed E-state index contributed by atoms with van der Waals surface area (Å²) in [4.78, 5) is 22.4. The SMILES string of the molecule is CCn1nccc1C(=O)N(CCCN1CCOCC1)c1nc2cc(OC)ccc2s1.Cl. The zero-order chi connectivity index (χ0) is 20.9. The number of morpholine rings is 1. The summed E-state index contributed by atoms with van der Waals surface area (Å²) in [7, 11) is 1.64. The molecule has 1 aliphatic heterocycles. The number of thiazole rings is 1. The third-order valence-corrected chi connectivity index (χ3v) is 6.31. The molecule has 0 N–H and O–H groups in total. The molecule has 1 saturated heterocycles. The predicted molar refractivity (Wildman–Crippen MR) is 125 cm³/mol. The van der Waals surface area contributed by atoms with Crippen LogP contribution in [-0.4, -0.2) is 72.1 Å². The number of hydrogen-bond donors (Lipinski definition) is 0. The van der Waals surface area contributed by atoms with Crippen LogP contribution in [0.25, 0.3) is 10.2 Å². The normalized spacial score (nSPS) is 14.4. The molecule has 8 nitrogen and oxygen atoms in total. The van der Waals surface area contributed by atoms with Gasteiger partial charge in [0.25, 0.3) is 5.91 Å². The first kappa shape index (κ1) is 23.5. The first-order valence-corrected chi connectivity index (χ1v) is 11.1. The highest BCUT2D eigenvalue weighted by Crippen LogP contribution is 2.32. The fourth-order valence-electron chi connectivity index (χ4n) is 3.60. The van der Waals surface area contributed by atoms with Gasteiger partial charge in [-0.3, -0.25) is 19.3 Å². The van der Waals surface area contributed by atoms with Crippen molar-refractivity contribution < 1.29 is 14.3 Å². The van der Waals surface area contributed by atoms with Crippen LogP contribution in [0.1, 0.15) is 23.8 Å². The zero-order valence-electron chi connectivity index (χ0n) is 17.8. The van der Waals surface area contributed by atoms with Crippen LogP contribution in [0.5, 0.6) is 5.75 Å². The number of amides is 1. The van der Waals surface area contributed by atoms with Crippen LogP contribution in [0.3, 0.4) is 0 Å². The van der Waals surface area contributed by atoms with E-state index < -0.39 is 0 Å². The smallest absolute Gasteiger partial charge is 0.278 e. The highest BCUT2D eigenvalue weighted by molar-refractivity contribution is 7.22. The number of hydrogen-bond acceptors (Lipinski definition) is 7. The summed E-state index contributed by atoms with van der Waals surface area (Å²) in [6.45, 7) is 7.59. The van der Waals surface area contributed by atoms with Gasteiger partial charge in [0, 0.05) is 45.0 Å². The number of rotatable bonds is 8. The molecular weight excluding hydrogens is 438 g/mol. The molecule has 0 bridgehead atoms. The van der Waals surface area contributed by atoms with Crippen LogP contribution in [0.2, 0.25) is 0 Å². The van der Waals surface area contributed by atoms with E-state index in [0.29, 0.717) is 23.9 Å². The average Bonchev–Trinajstić information content (AvgIpc) is 3.43. The maximum Gasteiger partial charge on any atom is 0.278 e. The van der Waals surface area contributed by atoms with Crippen LogP contribution < -0.4 is 9.64 Å². The minimum absolute atomic E-state index is 0. The van der Waals surface area contributed by atoms with Gasteiger partial charge in [0.15, 0.2) is 5.13 Å². The maximum atomic E-state index is 13.4. The zero-order valence-corrected chi connectivity index (χ0v) is 19.5. The summed E-state index contributed by atoms with van der Waals surface area (Å²) >= 11 is 1.52. The molecule has 1 aliphatic rings. The third-order valence-electron chi connectivity index (χ3n) is 5.25. The number of ether oxygens (including phenoxy) is 2. The molecule has 1 aromatic carbocycles. The van der Waals surface area contributed by atoms with Gasteiger partial charge in [-0.05, 0) is 31.5 Å². The summed E-state index contributed by atoms with van der Waals surface area (Å²) in [5, 5.41) is 4.97. The quantitative estimate of drug-likeness (QED) is 0.508. The number of aryl methyl sites for hydroxylation is 1. The van der Waals surface area contributed by atoms with Crippen LogP contribution in [-0.2, 0) is 11.3 Å². The van der Waals surface area contributed by atoms with E-state index in [0.717, 1.165) is 55.2 Å². The lowest BCUT2D eigenvalue weighted by molar-refractivity contribution is 0.0376. The Morgan fingerprint density at radius 2 is 2.10 bits per heavy atom. The molecule has 1 fully saturated rings. The molecule has 0 saturated carbocycles. The predicted octanol–water partition coefficient (Wildman–Crippen LogP) is 3.31. The van der Waals surface area contributed by atoms with Crippen molar-refractivity contribution in [1.82, 2.24) is 19.7 Å². The van der Waals surface area contributed by atoms with E-state index in [4.69, 9.17) is 14.5 Å². The van der Waals surface area contributed by atoms with Gasteiger partial charge >= 0.3 is 0 Å². The Hall–Kier alpha value is -2.20. The highest BCUT2D eigenvalue weighted by Gasteiger charge is 2.24. The molecular formula is C21H28ClN5O3S. The molecule has 0 radical (unpaired) electrons. The molecule has 4 rings (SSSR count). The Morgan fingerprint density at radius 3 is 2.84 bits per heavy atom. The second kappa shape index (κ2) is 10.9. The van der Waals surface area contributed by atoms with E-state index in [1.807, 2.05) is 25.1 Å². The lowest BCUT2D eigenvalue weighted by Crippen LogP contribution is -2.39. The van der Waals surface area contributed by atoms with E-state index in [9.17, 15) is 4.79 Å². The van der Waals surface area contributed by atoms with Crippen molar-refractivity contribution in [3.8, 4) is 5.75 Å². The lowest BCUT2D eigenvalue weighted by atomic mass is 10.3. The number of anilines is 1. The van der Waals surface area contributed by atoms with Gasteiger partial charge in [0.05, 0.1) is 30.5 Å². The summed E-state index contributed by atoms with van der Waals surface area (Å²) in [5.41, 5.74) is 1.42. The molecule has 31 heavy (non-hydrogen) atoms. The van der Waals surface area contributed by atoms with Crippen LogP contribution in [0.15, 0.2) is 30.5 Å². The fourth-order valence-corrected chi connectivity index (χ4v) is 4.57. The van der Waals surface area contributed by atoms with Crippen molar-refractivity contribution in [2.24, 2.45) is 0 Å². The Balaban J connectivity index is 0.00000272. The number of methoxy groups -OCH3 is 1. The molecule has 1 amide bonds. The maximum absolute atomic E-state index is 13.4. The third kappa shape index (κ3) is 5.35. The Bertz CT molecular complexity index is 1000. The van der Waals surface area contributed by atoms with Gasteiger partial charge in [-0.1, -0.05) is 11.3 Å². The monoisotopic (exact) mass is 465 g/mol. The molecule has 10 heteroatoms. The number of nitrogens with zero attached hydrogens (tertiary/aromatic N) is 5. The summed E-state index contributed by atoms with van der Waals surface area (Å²) in [6, 6.07) is 7.59. The number of carbonyl (C=O) groups is 1. The fraction of sp³-hybridized carbons (Fsp3) is 0.476. The van der Waals surface area contributed by atoms with Gasteiger partial charge in [0.2, 0.25) is 0 Å². The summed E-state index contributed by atoms with van der Waals surface area (Å²) < 4.78 is 13.5. The molecule has 0 aliphatic carbocycles. The summed E-state index contributed by atoms with van der Waals surface area (Å²) in [5.74, 6) is 0.691. The number of halogens is 1. The minimum Gasteiger partial charge on any atom is -0.497 e. The van der Waals surface area contributed by atoms with Crippen molar-refractivity contribution >= 4 is 45.0 Å². The Kier molecular flexibility index (Phi) is 8.25. The molecule has 0 atom stereocenters. The van der Waals surface area contributed by atoms with E-state index in [1.54, 1.807) is 29.0 Å². The topological polar surface area (TPSA) is 72.7 Å². The van der Waals surface area contributed by atoms with E-state index in [-0.39, 0.29) is 18.3 Å². The number of benzene rings is 1. The minimum atomic E-state index is -0.0673. The van der Waals surface area contributed by atoms with Crippen LogP contribution >= 0.6 is 23.7 Å². The van der Waals surface area contributed by atoms with Crippen molar-refractivity contribution in [2.75, 3.05) is 51.4 Å². The molecule has 0 spiro atoms. The molecule has 168 valence electrons. The average molecular weight is 466 g/mol. The van der Waals surface area contributed by atoms with Crippen LogP contribution in [0.4, 0.5) is 5.13 Å². The van der Waals surface area contributed by atoms with Crippen molar-refractivity contribution in [1.29, 1.82) is 0 Å². The molecule has 3 heterocycles. The second-order valence-electron chi connectivity index (χ2n) is 7.13. The first-order valence-electron chi connectivity index (χ1n) is 10.3. The molecule has 2 aromatic heterocycles. The summed E-state index contributed by atoms with van der Waals surface area (Å²) in [6.07, 6.45) is 2.54. The molecule has 0 unspecified atom stereocenters. The van der Waals surface area contributed by atoms with Crippen molar-refractivity contribution in [3.63, 3.8) is 0 Å². The molecule has 3 aromatic rings. The highest BCUT2D eigenvalue weighted by atomic mass is 35.5. The number of aromatic nitrogens is 3. The standard InChI is InChI=1S/C21H27N5O3S.ClH/c1-3-26-18(7-8-22-26)20(27)25(10-4-9-24-11-13-29-14-12-24)21-23-17-15-16(28-2)5-6-19(17)30-21;/h5-8,15H,3-4,9-14H2,1-2H3;1H. The largest absolute Gasteiger partial charge is 0.497 e. The lowest BCUT2D eigenvalue weighted by Gasteiger charge is -2.27. The number of fused-ring (bicyclic) bond motifs is 1. The van der Waals surface area contributed by atoms with E-state index in [2.05, 4.69) is 10.00 Å². The Morgan fingerprint density at radius 1 is 1.29 bits per heavy atom. The van der Waals surface area contributed by atoms with E-state index >= 15 is 0 Å². The van der Waals surface area contributed by atoms with Crippen molar-refractivity contribution in [3.05, 3.63) is 36.2 Å². The van der Waals surface area contributed by atoms with Gasteiger partial charge < -0.3 is 9.47 Å².